The van der Waals surface area contributed by atoms with Crippen LogP contribution >= 0.6 is 0 Å². The molecule has 2 rings (SSSR count). The first-order valence-electron chi connectivity index (χ1n) is 6.64. The van der Waals surface area contributed by atoms with Crippen LogP contribution < -0.4 is 10.6 Å². The minimum absolute atomic E-state index is 0.279. The van der Waals surface area contributed by atoms with Crippen molar-refractivity contribution in [1.29, 1.82) is 0 Å². The van der Waals surface area contributed by atoms with Crippen molar-refractivity contribution in [2.24, 2.45) is 0 Å². The Hall–Kier alpha value is -1.40. The summed E-state index contributed by atoms with van der Waals surface area (Å²) in [6.07, 6.45) is 3.79. The first kappa shape index (κ1) is 14.0. The third-order valence-electron chi connectivity index (χ3n) is 3.19. The molecule has 0 spiro atoms. The number of nitrogens with two attached hydrogens (primary N) is 1. The number of hydrogen-bond acceptors (Lipinski definition) is 6. The molecule has 0 saturated carbocycles. The summed E-state index contributed by atoms with van der Waals surface area (Å²) in [6.45, 7) is 2.05. The average molecular weight is 266 g/mol. The fourth-order valence-corrected chi connectivity index (χ4v) is 2.24. The molecule has 1 aliphatic heterocycles. The second-order valence-corrected chi connectivity index (χ2v) is 4.87. The number of nitrogen functional groups attached to an aromatic ring is 1. The van der Waals surface area contributed by atoms with E-state index in [1.807, 2.05) is 7.05 Å². The van der Waals surface area contributed by atoms with Crippen LogP contribution in [0.4, 0.5) is 11.6 Å². The highest BCUT2D eigenvalue weighted by molar-refractivity contribution is 5.46. The molecule has 0 radical (unpaired) electrons. The molecule has 1 aliphatic rings. The minimum Gasteiger partial charge on any atom is -0.384 e. The maximum Gasteiger partial charge on any atom is 0.158 e. The minimum atomic E-state index is 0.279. The van der Waals surface area contributed by atoms with Gasteiger partial charge in [-0.3, -0.25) is 0 Å². The molecule has 1 aromatic heterocycles. The highest BCUT2D eigenvalue weighted by atomic mass is 16.5. The number of nitrogens with zero attached hydrogens (tertiary/aromatic N) is 3. The second-order valence-electron chi connectivity index (χ2n) is 4.87. The molecule has 1 saturated heterocycles. The van der Waals surface area contributed by atoms with E-state index in [0.717, 1.165) is 25.4 Å². The topological polar surface area (TPSA) is 73.5 Å². The lowest BCUT2D eigenvalue weighted by atomic mass is 10.1. The van der Waals surface area contributed by atoms with E-state index in [-0.39, 0.29) is 6.10 Å². The Morgan fingerprint density at radius 2 is 2.32 bits per heavy atom. The summed E-state index contributed by atoms with van der Waals surface area (Å²) >= 11 is 0. The van der Waals surface area contributed by atoms with Gasteiger partial charge in [0, 0.05) is 33.4 Å². The quantitative estimate of drug-likeness (QED) is 0.863. The van der Waals surface area contributed by atoms with Crippen molar-refractivity contribution >= 4 is 11.6 Å². The molecule has 6 nitrogen and oxygen atoms in total. The fourth-order valence-electron chi connectivity index (χ4n) is 2.24. The molecule has 1 atom stereocenters. The van der Waals surface area contributed by atoms with Gasteiger partial charge in [-0.1, -0.05) is 0 Å². The van der Waals surface area contributed by atoms with Crippen molar-refractivity contribution in [1.82, 2.24) is 9.97 Å². The van der Waals surface area contributed by atoms with Gasteiger partial charge in [0.05, 0.1) is 6.10 Å². The molecule has 2 heterocycles. The number of likely N-dealkylation sites (N-methyl/N-ethyl adjacent to an activating group) is 1. The monoisotopic (exact) mass is 266 g/mol. The summed E-state index contributed by atoms with van der Waals surface area (Å²) in [5.74, 6) is 1.89. The molecular formula is C13H22N4O2. The predicted molar refractivity (Wildman–Crippen MR) is 74.0 cm³/mol. The number of hydrogen-bond donors (Lipinski definition) is 1. The van der Waals surface area contributed by atoms with Crippen molar-refractivity contribution < 1.29 is 9.47 Å². The van der Waals surface area contributed by atoms with E-state index in [0.29, 0.717) is 18.2 Å². The highest BCUT2D eigenvalue weighted by Crippen LogP contribution is 2.18. The van der Waals surface area contributed by atoms with Crippen LogP contribution in [0.25, 0.3) is 0 Å². The van der Waals surface area contributed by atoms with Gasteiger partial charge in [-0.15, -0.1) is 0 Å². The number of methoxy groups -OCH3 is 1. The Kier molecular flexibility index (Phi) is 4.93. The van der Waals surface area contributed by atoms with Crippen LogP contribution in [0.5, 0.6) is 0 Å². The molecule has 1 aromatic rings. The molecule has 1 fully saturated rings. The zero-order chi connectivity index (χ0) is 13.7. The maximum atomic E-state index is 5.80. The van der Waals surface area contributed by atoms with Crippen LogP contribution in [0.1, 0.15) is 25.1 Å². The third kappa shape index (κ3) is 4.04. The molecule has 1 unspecified atom stereocenters. The van der Waals surface area contributed by atoms with Crippen LogP contribution in [0.3, 0.4) is 0 Å². The van der Waals surface area contributed by atoms with Gasteiger partial charge in [-0.05, 0) is 19.3 Å². The average Bonchev–Trinajstić information content (AvgIpc) is 2.39. The van der Waals surface area contributed by atoms with Crippen molar-refractivity contribution in [3.8, 4) is 0 Å². The summed E-state index contributed by atoms with van der Waals surface area (Å²) in [6, 6.07) is 1.78. The van der Waals surface area contributed by atoms with Crippen molar-refractivity contribution in [2.75, 3.05) is 37.9 Å². The predicted octanol–water partition coefficient (Wildman–Crippen LogP) is 1.21. The lowest BCUT2D eigenvalue weighted by molar-refractivity contribution is 0.0215. The van der Waals surface area contributed by atoms with Crippen LogP contribution in [-0.2, 0) is 16.1 Å². The molecule has 2 N–H and O–H groups in total. The van der Waals surface area contributed by atoms with Crippen molar-refractivity contribution in [3.05, 3.63) is 11.9 Å². The third-order valence-corrected chi connectivity index (χ3v) is 3.19. The van der Waals surface area contributed by atoms with Crippen molar-refractivity contribution in [3.63, 3.8) is 0 Å². The largest absolute Gasteiger partial charge is 0.384 e. The summed E-state index contributed by atoms with van der Waals surface area (Å²) in [5.41, 5.74) is 5.80. The Morgan fingerprint density at radius 1 is 1.47 bits per heavy atom. The highest BCUT2D eigenvalue weighted by Gasteiger charge is 2.17. The van der Waals surface area contributed by atoms with E-state index in [4.69, 9.17) is 15.2 Å². The van der Waals surface area contributed by atoms with E-state index in [1.54, 1.807) is 13.2 Å². The van der Waals surface area contributed by atoms with E-state index < -0.39 is 0 Å². The zero-order valence-electron chi connectivity index (χ0n) is 11.6. The number of ether oxygens (including phenoxy) is 2. The van der Waals surface area contributed by atoms with Crippen LogP contribution in [0.2, 0.25) is 0 Å². The Morgan fingerprint density at radius 3 is 3.00 bits per heavy atom. The molecule has 106 valence electrons. The van der Waals surface area contributed by atoms with E-state index >= 15 is 0 Å². The van der Waals surface area contributed by atoms with Gasteiger partial charge in [-0.25, -0.2) is 9.97 Å². The molecule has 0 bridgehead atoms. The normalized spacial score (nSPS) is 19.4. The van der Waals surface area contributed by atoms with E-state index in [1.165, 1.54) is 12.8 Å². The number of rotatable bonds is 5. The van der Waals surface area contributed by atoms with Gasteiger partial charge in [0.2, 0.25) is 0 Å². The van der Waals surface area contributed by atoms with Gasteiger partial charge in [0.1, 0.15) is 18.2 Å². The van der Waals surface area contributed by atoms with Crippen LogP contribution in [-0.4, -0.2) is 43.4 Å². The van der Waals surface area contributed by atoms with Gasteiger partial charge < -0.3 is 20.1 Å². The SMILES string of the molecule is COCc1nc(N)cc(N(C)CC2CCCCO2)n1. The first-order valence-corrected chi connectivity index (χ1v) is 6.64. The van der Waals surface area contributed by atoms with Gasteiger partial charge in [0.25, 0.3) is 0 Å². The summed E-state index contributed by atoms with van der Waals surface area (Å²) in [5, 5.41) is 0. The summed E-state index contributed by atoms with van der Waals surface area (Å²) in [4.78, 5) is 10.6. The van der Waals surface area contributed by atoms with Crippen molar-refractivity contribution in [2.45, 2.75) is 32.0 Å². The molecular weight excluding hydrogens is 244 g/mol. The van der Waals surface area contributed by atoms with E-state index in [9.17, 15) is 0 Å². The van der Waals surface area contributed by atoms with Crippen LogP contribution in [0, 0.1) is 0 Å². The maximum absolute atomic E-state index is 5.80. The second kappa shape index (κ2) is 6.68. The molecule has 0 aliphatic carbocycles. The summed E-state index contributed by atoms with van der Waals surface area (Å²) < 4.78 is 10.8. The Bertz CT molecular complexity index is 408. The Balaban J connectivity index is 2.02. The smallest absolute Gasteiger partial charge is 0.158 e. The summed E-state index contributed by atoms with van der Waals surface area (Å²) in [7, 11) is 3.61. The first-order chi connectivity index (χ1) is 9.19. The number of anilines is 2. The number of aromatic nitrogens is 2. The lowest BCUT2D eigenvalue weighted by Gasteiger charge is -2.28. The molecule has 6 heteroatoms. The molecule has 0 amide bonds. The Labute approximate surface area is 113 Å². The lowest BCUT2D eigenvalue weighted by Crippen LogP contribution is -2.34. The van der Waals surface area contributed by atoms with Gasteiger partial charge in [0.15, 0.2) is 5.82 Å². The molecule has 19 heavy (non-hydrogen) atoms. The molecule has 0 aromatic carbocycles. The standard InChI is InChI=1S/C13H22N4O2/c1-17(8-10-5-3-4-6-19-10)13-7-11(14)15-12(16-13)9-18-2/h7,10H,3-6,8-9H2,1-2H3,(H2,14,15,16). The zero-order valence-corrected chi connectivity index (χ0v) is 11.6. The van der Waals surface area contributed by atoms with Gasteiger partial charge in [-0.2, -0.15) is 0 Å². The van der Waals surface area contributed by atoms with Gasteiger partial charge >= 0.3 is 0 Å². The fraction of sp³-hybridized carbons (Fsp3) is 0.692. The van der Waals surface area contributed by atoms with Crippen LogP contribution in [0.15, 0.2) is 6.07 Å². The van der Waals surface area contributed by atoms with E-state index in [2.05, 4.69) is 14.9 Å².